The summed E-state index contributed by atoms with van der Waals surface area (Å²) < 4.78 is 0. The first-order valence-electron chi connectivity index (χ1n) is 3.69. The van der Waals surface area contributed by atoms with Crippen molar-refractivity contribution < 1.29 is 0 Å². The van der Waals surface area contributed by atoms with Crippen molar-refractivity contribution in [3.8, 4) is 0 Å². The van der Waals surface area contributed by atoms with Gasteiger partial charge in [0.2, 0.25) is 0 Å². The normalized spacial score (nSPS) is 8.75. The number of halogens is 2. The molecule has 0 bridgehead atoms. The second-order valence-electron chi connectivity index (χ2n) is 1.94. The maximum absolute atomic E-state index is 5.71. The molecule has 0 aliphatic heterocycles. The van der Waals surface area contributed by atoms with Gasteiger partial charge in [-0.15, -0.1) is 0 Å². The van der Waals surface area contributed by atoms with E-state index in [0.717, 1.165) is 5.56 Å². The Balaban J connectivity index is 0.000000561. The van der Waals surface area contributed by atoms with Crippen LogP contribution >= 0.6 is 23.2 Å². The standard InChI is InChI=1S/C6H6Cl2N2.C2H6/c1-3-4(7)2-5(9)10-6(3)8;1-2/h2H,1H3,(H2,9,10);1-2H3. The summed E-state index contributed by atoms with van der Waals surface area (Å²) in [6.07, 6.45) is 0. The Kier molecular flexibility index (Phi) is 5.02. The van der Waals surface area contributed by atoms with Gasteiger partial charge in [-0.25, -0.2) is 4.98 Å². The molecule has 0 radical (unpaired) electrons. The second kappa shape index (κ2) is 5.22. The maximum Gasteiger partial charge on any atom is 0.135 e. The van der Waals surface area contributed by atoms with Crippen molar-refractivity contribution in [3.05, 3.63) is 21.8 Å². The number of hydrogen-bond donors (Lipinski definition) is 1. The Labute approximate surface area is 82.7 Å². The van der Waals surface area contributed by atoms with Gasteiger partial charge in [-0.05, 0) is 13.0 Å². The second-order valence-corrected chi connectivity index (χ2v) is 2.71. The maximum atomic E-state index is 5.71. The van der Waals surface area contributed by atoms with E-state index in [9.17, 15) is 0 Å². The molecule has 12 heavy (non-hydrogen) atoms. The minimum atomic E-state index is 0.348. The SMILES string of the molecule is CC.Cc1c(Cl)cc(N)nc1Cl. The molecule has 0 saturated heterocycles. The van der Waals surface area contributed by atoms with Gasteiger partial charge in [-0.1, -0.05) is 37.0 Å². The number of nitrogens with zero attached hydrogens (tertiary/aromatic N) is 1. The molecule has 68 valence electrons. The molecule has 2 nitrogen and oxygen atoms in total. The highest BCUT2D eigenvalue weighted by Crippen LogP contribution is 2.22. The van der Waals surface area contributed by atoms with Crippen LogP contribution in [-0.2, 0) is 0 Å². The zero-order valence-corrected chi connectivity index (χ0v) is 8.87. The zero-order valence-electron chi connectivity index (χ0n) is 7.36. The van der Waals surface area contributed by atoms with Crippen molar-refractivity contribution in [3.63, 3.8) is 0 Å². The summed E-state index contributed by atoms with van der Waals surface area (Å²) in [6.45, 7) is 5.79. The number of pyridine rings is 1. The van der Waals surface area contributed by atoms with Gasteiger partial charge < -0.3 is 5.73 Å². The van der Waals surface area contributed by atoms with Crippen molar-refractivity contribution in [1.29, 1.82) is 0 Å². The molecule has 1 heterocycles. The van der Waals surface area contributed by atoms with Crippen molar-refractivity contribution in [1.82, 2.24) is 4.98 Å². The van der Waals surface area contributed by atoms with Crippen LogP contribution < -0.4 is 5.73 Å². The molecular weight excluding hydrogens is 195 g/mol. The molecule has 1 aromatic heterocycles. The molecule has 0 atom stereocenters. The predicted octanol–water partition coefficient (Wildman–Crippen LogP) is 3.31. The van der Waals surface area contributed by atoms with Gasteiger partial charge in [0.05, 0.1) is 5.02 Å². The smallest absolute Gasteiger partial charge is 0.135 e. The molecule has 0 saturated carbocycles. The van der Waals surface area contributed by atoms with E-state index < -0.39 is 0 Å². The molecular formula is C8H12Cl2N2. The average molecular weight is 207 g/mol. The largest absolute Gasteiger partial charge is 0.384 e. The first-order chi connectivity index (χ1) is 5.61. The van der Waals surface area contributed by atoms with Crippen LogP contribution in [0.25, 0.3) is 0 Å². The van der Waals surface area contributed by atoms with Gasteiger partial charge >= 0.3 is 0 Å². The van der Waals surface area contributed by atoms with E-state index in [1.165, 1.54) is 0 Å². The summed E-state index contributed by atoms with van der Waals surface area (Å²) in [5.74, 6) is 0.348. The summed E-state index contributed by atoms with van der Waals surface area (Å²) in [7, 11) is 0. The van der Waals surface area contributed by atoms with Crippen LogP contribution in [0.4, 0.5) is 5.82 Å². The molecule has 0 aliphatic carbocycles. The van der Waals surface area contributed by atoms with Crippen molar-refractivity contribution >= 4 is 29.0 Å². The third-order valence-electron chi connectivity index (χ3n) is 1.17. The van der Waals surface area contributed by atoms with Crippen LogP contribution in [0.15, 0.2) is 6.07 Å². The first-order valence-corrected chi connectivity index (χ1v) is 4.45. The van der Waals surface area contributed by atoms with E-state index in [1.54, 1.807) is 13.0 Å². The Morgan fingerprint density at radius 1 is 1.33 bits per heavy atom. The van der Waals surface area contributed by atoms with E-state index in [-0.39, 0.29) is 0 Å². The summed E-state index contributed by atoms with van der Waals surface area (Å²) >= 11 is 11.4. The summed E-state index contributed by atoms with van der Waals surface area (Å²) in [4.78, 5) is 3.79. The topological polar surface area (TPSA) is 38.9 Å². The van der Waals surface area contributed by atoms with Crippen LogP contribution in [0.3, 0.4) is 0 Å². The molecule has 0 fully saturated rings. The number of hydrogen-bond acceptors (Lipinski definition) is 2. The lowest BCUT2D eigenvalue weighted by atomic mass is 10.3. The van der Waals surface area contributed by atoms with Gasteiger partial charge in [0.25, 0.3) is 0 Å². The number of nitrogen functional groups attached to an aromatic ring is 1. The van der Waals surface area contributed by atoms with Crippen LogP contribution in [0.2, 0.25) is 10.2 Å². The van der Waals surface area contributed by atoms with Crippen LogP contribution in [0.5, 0.6) is 0 Å². The zero-order chi connectivity index (χ0) is 9.72. The molecule has 0 unspecified atom stereocenters. The molecule has 0 spiro atoms. The third kappa shape index (κ3) is 2.88. The summed E-state index contributed by atoms with van der Waals surface area (Å²) in [5, 5.41) is 0.919. The fourth-order valence-electron chi connectivity index (χ4n) is 0.566. The fraction of sp³-hybridized carbons (Fsp3) is 0.375. The van der Waals surface area contributed by atoms with Gasteiger partial charge in [-0.3, -0.25) is 0 Å². The van der Waals surface area contributed by atoms with E-state index in [1.807, 2.05) is 13.8 Å². The van der Waals surface area contributed by atoms with Crippen LogP contribution in [0.1, 0.15) is 19.4 Å². The Morgan fingerprint density at radius 2 is 1.83 bits per heavy atom. The third-order valence-corrected chi connectivity index (χ3v) is 1.93. The van der Waals surface area contributed by atoms with Gasteiger partial charge in [-0.2, -0.15) is 0 Å². The van der Waals surface area contributed by atoms with Gasteiger partial charge in [0.15, 0.2) is 0 Å². The number of nitrogens with two attached hydrogens (primary N) is 1. The van der Waals surface area contributed by atoms with E-state index in [2.05, 4.69) is 4.98 Å². The van der Waals surface area contributed by atoms with Crippen molar-refractivity contribution in [2.75, 3.05) is 5.73 Å². The summed E-state index contributed by atoms with van der Waals surface area (Å²) in [5.41, 5.74) is 6.11. The predicted molar refractivity (Wildman–Crippen MR) is 54.8 cm³/mol. The number of aromatic nitrogens is 1. The molecule has 1 aromatic rings. The quantitative estimate of drug-likeness (QED) is 0.663. The van der Waals surface area contributed by atoms with Crippen LogP contribution in [0, 0.1) is 6.92 Å². The minimum Gasteiger partial charge on any atom is -0.384 e. The van der Waals surface area contributed by atoms with E-state index >= 15 is 0 Å². The number of rotatable bonds is 0. The van der Waals surface area contributed by atoms with E-state index in [0.29, 0.717) is 16.0 Å². The Bertz CT molecular complexity index is 238. The summed E-state index contributed by atoms with van der Waals surface area (Å²) in [6, 6.07) is 1.57. The fourth-order valence-corrected chi connectivity index (χ4v) is 1.02. The molecule has 0 amide bonds. The first kappa shape index (κ1) is 11.5. The molecule has 0 aliphatic rings. The van der Waals surface area contributed by atoms with Crippen molar-refractivity contribution in [2.24, 2.45) is 0 Å². The lowest BCUT2D eigenvalue weighted by Crippen LogP contribution is -1.91. The molecule has 0 aromatic carbocycles. The Morgan fingerprint density at radius 3 is 2.25 bits per heavy atom. The molecule has 2 N–H and O–H groups in total. The molecule has 4 heteroatoms. The van der Waals surface area contributed by atoms with Crippen molar-refractivity contribution in [2.45, 2.75) is 20.8 Å². The van der Waals surface area contributed by atoms with Gasteiger partial charge in [0.1, 0.15) is 11.0 Å². The highest BCUT2D eigenvalue weighted by molar-refractivity contribution is 6.35. The number of anilines is 1. The minimum absolute atomic E-state index is 0.348. The monoisotopic (exact) mass is 206 g/mol. The van der Waals surface area contributed by atoms with Crippen LogP contribution in [-0.4, -0.2) is 4.98 Å². The molecule has 1 rings (SSSR count). The van der Waals surface area contributed by atoms with Gasteiger partial charge in [0, 0.05) is 5.56 Å². The lowest BCUT2D eigenvalue weighted by molar-refractivity contribution is 1.28. The Hall–Kier alpha value is -0.470. The average Bonchev–Trinajstić information content (AvgIpc) is 2.04. The highest BCUT2D eigenvalue weighted by Gasteiger charge is 2.01. The van der Waals surface area contributed by atoms with E-state index in [4.69, 9.17) is 28.9 Å². The lowest BCUT2D eigenvalue weighted by Gasteiger charge is -1.99. The highest BCUT2D eigenvalue weighted by atomic mass is 35.5.